The second kappa shape index (κ2) is 8.81. The fourth-order valence-electron chi connectivity index (χ4n) is 7.49. The van der Waals surface area contributed by atoms with Crippen molar-refractivity contribution in [3.8, 4) is 0 Å². The highest BCUT2D eigenvalue weighted by atomic mass is 16.2. The summed E-state index contributed by atoms with van der Waals surface area (Å²) in [7, 11) is 0. The van der Waals surface area contributed by atoms with E-state index in [0.29, 0.717) is 24.3 Å². The Morgan fingerprint density at radius 3 is 2.23 bits per heavy atom. The second-order valence-corrected chi connectivity index (χ2v) is 11.2. The molecule has 4 saturated carbocycles. The Balaban J connectivity index is 0.994. The molecular weight excluding hydrogens is 438 g/mol. The average molecular weight is 472 g/mol. The van der Waals surface area contributed by atoms with E-state index in [-0.39, 0.29) is 29.6 Å². The van der Waals surface area contributed by atoms with E-state index in [0.717, 1.165) is 49.1 Å². The van der Waals surface area contributed by atoms with E-state index in [1.54, 1.807) is 24.3 Å². The normalized spacial score (nSPS) is 28.0. The summed E-state index contributed by atoms with van der Waals surface area (Å²) in [5.41, 5.74) is 3.25. The van der Waals surface area contributed by atoms with Gasteiger partial charge in [0, 0.05) is 41.9 Å². The number of nitrogens with zero attached hydrogens (tertiary/aromatic N) is 1. The minimum Gasteiger partial charge on any atom is -0.355 e. The van der Waals surface area contributed by atoms with E-state index in [1.807, 2.05) is 23.1 Å². The van der Waals surface area contributed by atoms with E-state index >= 15 is 0 Å². The van der Waals surface area contributed by atoms with Crippen molar-refractivity contribution >= 4 is 29.1 Å². The number of rotatable bonds is 6. The largest absolute Gasteiger partial charge is 0.355 e. The molecular formula is C29H33N3O3. The van der Waals surface area contributed by atoms with Crippen LogP contribution in [0.15, 0.2) is 48.5 Å². The van der Waals surface area contributed by atoms with Gasteiger partial charge in [0.1, 0.15) is 0 Å². The van der Waals surface area contributed by atoms with Crippen LogP contribution in [0.1, 0.15) is 60.9 Å². The predicted molar refractivity (Wildman–Crippen MR) is 135 cm³/mol. The minimum absolute atomic E-state index is 0.0276. The number of para-hydroxylation sites is 1. The summed E-state index contributed by atoms with van der Waals surface area (Å²) in [6.07, 6.45) is 8.14. The molecule has 6 heteroatoms. The number of hydrogen-bond donors (Lipinski definition) is 2. The minimum atomic E-state index is -0.177. The van der Waals surface area contributed by atoms with Crippen LogP contribution in [0, 0.1) is 23.2 Å². The Morgan fingerprint density at radius 2 is 1.54 bits per heavy atom. The van der Waals surface area contributed by atoms with Gasteiger partial charge < -0.3 is 15.5 Å². The number of carbonyl (C=O) groups is 3. The molecule has 2 aromatic carbocycles. The number of nitrogens with one attached hydrogen (secondary N) is 2. The third-order valence-corrected chi connectivity index (χ3v) is 8.71. The molecule has 5 aliphatic rings. The molecule has 0 aromatic heterocycles. The first-order chi connectivity index (χ1) is 17.0. The zero-order chi connectivity index (χ0) is 24.0. The molecule has 2 aromatic rings. The van der Waals surface area contributed by atoms with Gasteiger partial charge in [-0.05, 0) is 98.6 Å². The maximum Gasteiger partial charge on any atom is 0.258 e. The van der Waals surface area contributed by atoms with Gasteiger partial charge in [-0.15, -0.1) is 0 Å². The van der Waals surface area contributed by atoms with Crippen molar-refractivity contribution in [1.29, 1.82) is 0 Å². The highest BCUT2D eigenvalue weighted by Gasteiger charge is 2.54. The summed E-state index contributed by atoms with van der Waals surface area (Å²) in [5, 5.41) is 5.96. The lowest BCUT2D eigenvalue weighted by molar-refractivity contribution is -0.146. The molecule has 1 aliphatic heterocycles. The molecule has 0 spiro atoms. The summed E-state index contributed by atoms with van der Waals surface area (Å²) in [4.78, 5) is 40.3. The Labute approximate surface area is 206 Å². The first-order valence-electron chi connectivity index (χ1n) is 13.1. The predicted octanol–water partition coefficient (Wildman–Crippen LogP) is 4.55. The highest BCUT2D eigenvalue weighted by Crippen LogP contribution is 2.60. The Kier molecular flexibility index (Phi) is 5.62. The van der Waals surface area contributed by atoms with Crippen LogP contribution in [0.5, 0.6) is 0 Å². The summed E-state index contributed by atoms with van der Waals surface area (Å²) < 4.78 is 0. The molecule has 2 N–H and O–H groups in total. The Hall–Kier alpha value is -3.15. The number of carbonyl (C=O) groups excluding carboxylic acids is 3. The van der Waals surface area contributed by atoms with Crippen molar-refractivity contribution in [3.05, 3.63) is 59.7 Å². The van der Waals surface area contributed by atoms with Gasteiger partial charge in [-0.2, -0.15) is 0 Å². The Morgan fingerprint density at radius 1 is 0.886 bits per heavy atom. The second-order valence-electron chi connectivity index (χ2n) is 11.2. The Bertz CT molecular complexity index is 1120. The molecule has 35 heavy (non-hydrogen) atoms. The van der Waals surface area contributed by atoms with Crippen molar-refractivity contribution in [1.82, 2.24) is 5.32 Å². The maximum atomic E-state index is 13.0. The van der Waals surface area contributed by atoms with Gasteiger partial charge in [0.25, 0.3) is 5.91 Å². The number of fused-ring (bicyclic) bond motifs is 1. The van der Waals surface area contributed by atoms with Gasteiger partial charge in [0.15, 0.2) is 0 Å². The molecule has 4 aliphatic carbocycles. The van der Waals surface area contributed by atoms with E-state index < -0.39 is 0 Å². The van der Waals surface area contributed by atoms with Crippen LogP contribution < -0.4 is 15.5 Å². The van der Waals surface area contributed by atoms with Crippen molar-refractivity contribution in [2.75, 3.05) is 23.3 Å². The fraction of sp³-hybridized carbons (Fsp3) is 0.483. The molecule has 0 radical (unpaired) electrons. The van der Waals surface area contributed by atoms with Gasteiger partial charge in [-0.3, -0.25) is 14.4 Å². The zero-order valence-corrected chi connectivity index (χ0v) is 20.1. The van der Waals surface area contributed by atoms with Crippen LogP contribution in [-0.2, 0) is 16.0 Å². The average Bonchev–Trinajstić information content (AvgIpc) is 3.27. The van der Waals surface area contributed by atoms with E-state index in [1.165, 1.54) is 24.8 Å². The van der Waals surface area contributed by atoms with Gasteiger partial charge in [0.2, 0.25) is 11.8 Å². The van der Waals surface area contributed by atoms with Crippen LogP contribution in [-0.4, -0.2) is 30.8 Å². The quantitative estimate of drug-likeness (QED) is 0.649. The molecule has 0 unspecified atom stereocenters. The molecule has 4 bridgehead atoms. The SMILES string of the molecule is O=C(CCNC(=O)C12CC3CC(CC(C3)C1)C2)Nc1ccc(C(=O)N2CCc3ccccc32)cc1. The van der Waals surface area contributed by atoms with Crippen LogP contribution in [0.3, 0.4) is 0 Å². The van der Waals surface area contributed by atoms with E-state index in [2.05, 4.69) is 16.7 Å². The van der Waals surface area contributed by atoms with E-state index in [4.69, 9.17) is 0 Å². The topological polar surface area (TPSA) is 78.5 Å². The molecule has 0 atom stereocenters. The number of benzene rings is 2. The monoisotopic (exact) mass is 471 g/mol. The zero-order valence-electron chi connectivity index (χ0n) is 20.1. The van der Waals surface area contributed by atoms with Gasteiger partial charge >= 0.3 is 0 Å². The lowest BCUT2D eigenvalue weighted by Crippen LogP contribution is -2.53. The van der Waals surface area contributed by atoms with Crippen molar-refractivity contribution in [2.45, 2.75) is 51.4 Å². The maximum absolute atomic E-state index is 13.0. The number of anilines is 2. The summed E-state index contributed by atoms with van der Waals surface area (Å²) in [6.45, 7) is 1.04. The molecule has 3 amide bonds. The first kappa shape index (κ1) is 22.3. The molecule has 0 saturated heterocycles. The van der Waals surface area contributed by atoms with Crippen LogP contribution >= 0.6 is 0 Å². The van der Waals surface area contributed by atoms with Crippen molar-refractivity contribution in [2.24, 2.45) is 23.2 Å². The fourth-order valence-corrected chi connectivity index (χ4v) is 7.49. The van der Waals surface area contributed by atoms with Crippen molar-refractivity contribution in [3.63, 3.8) is 0 Å². The van der Waals surface area contributed by atoms with Crippen LogP contribution in [0.4, 0.5) is 11.4 Å². The number of amides is 3. The summed E-state index contributed by atoms with van der Waals surface area (Å²) >= 11 is 0. The van der Waals surface area contributed by atoms with Gasteiger partial charge in [-0.1, -0.05) is 18.2 Å². The highest BCUT2D eigenvalue weighted by molar-refractivity contribution is 6.07. The summed E-state index contributed by atoms with van der Waals surface area (Å²) in [5.74, 6) is 2.18. The molecule has 6 nitrogen and oxygen atoms in total. The third-order valence-electron chi connectivity index (χ3n) is 8.71. The standard InChI is InChI=1S/C29H33N3O3/c33-26(9-11-30-28(35)29-16-19-13-20(17-29)15-21(14-19)18-29)31-24-7-5-23(6-8-24)27(34)32-12-10-22-3-1-2-4-25(22)32/h1-8,19-21H,9-18H2,(H,30,35)(H,31,33). The van der Waals surface area contributed by atoms with Gasteiger partial charge in [-0.25, -0.2) is 0 Å². The molecule has 182 valence electrons. The summed E-state index contributed by atoms with van der Waals surface area (Å²) in [6, 6.07) is 15.0. The lowest BCUT2D eigenvalue weighted by atomic mass is 9.49. The van der Waals surface area contributed by atoms with Crippen molar-refractivity contribution < 1.29 is 14.4 Å². The molecule has 1 heterocycles. The molecule has 7 rings (SSSR count). The third kappa shape index (κ3) is 4.24. The van der Waals surface area contributed by atoms with Crippen LogP contribution in [0.25, 0.3) is 0 Å². The number of hydrogen-bond acceptors (Lipinski definition) is 3. The van der Waals surface area contributed by atoms with Crippen LogP contribution in [0.2, 0.25) is 0 Å². The first-order valence-corrected chi connectivity index (χ1v) is 13.1. The van der Waals surface area contributed by atoms with E-state index in [9.17, 15) is 14.4 Å². The molecule has 4 fully saturated rings. The lowest BCUT2D eigenvalue weighted by Gasteiger charge is -2.55. The van der Waals surface area contributed by atoms with Gasteiger partial charge in [0.05, 0.1) is 0 Å². The smallest absolute Gasteiger partial charge is 0.258 e.